The molecular formula is C29H30F2N4O5S2. The predicted octanol–water partition coefficient (Wildman–Crippen LogP) is 4.72. The van der Waals surface area contributed by atoms with Gasteiger partial charge < -0.3 is 20.3 Å². The van der Waals surface area contributed by atoms with Crippen molar-refractivity contribution in [2.24, 2.45) is 0 Å². The van der Waals surface area contributed by atoms with Crippen LogP contribution in [-0.2, 0) is 19.4 Å². The summed E-state index contributed by atoms with van der Waals surface area (Å²) in [5.74, 6) is -1.44. The molecule has 1 saturated carbocycles. The number of alkyl halides is 2. The summed E-state index contributed by atoms with van der Waals surface area (Å²) < 4.78 is 57.7. The van der Waals surface area contributed by atoms with E-state index in [1.807, 2.05) is 30.5 Å². The van der Waals surface area contributed by atoms with Crippen LogP contribution in [0, 0.1) is 0 Å². The minimum Gasteiger partial charge on any atom is -0.434 e. The van der Waals surface area contributed by atoms with E-state index >= 15 is 0 Å². The number of hydrogen-bond donors (Lipinski definition) is 2. The van der Waals surface area contributed by atoms with Gasteiger partial charge in [0, 0.05) is 42.4 Å². The first-order chi connectivity index (χ1) is 20.0. The van der Waals surface area contributed by atoms with Crippen LogP contribution in [0.1, 0.15) is 36.4 Å². The number of rotatable bonds is 11. The predicted molar refractivity (Wildman–Crippen MR) is 158 cm³/mol. The zero-order valence-corrected chi connectivity index (χ0v) is 24.6. The number of fused-ring (bicyclic) bond motifs is 1. The van der Waals surface area contributed by atoms with E-state index in [0.29, 0.717) is 22.4 Å². The van der Waals surface area contributed by atoms with Gasteiger partial charge in [0.25, 0.3) is 0 Å². The Morgan fingerprint density at radius 1 is 1.21 bits per heavy atom. The molecule has 1 fully saturated rings. The Labute approximate surface area is 246 Å². The second kappa shape index (κ2) is 12.2. The number of carbonyl (C=O) groups is 2. The maximum atomic E-state index is 13.5. The van der Waals surface area contributed by atoms with E-state index in [1.165, 1.54) is 11.6 Å². The van der Waals surface area contributed by atoms with Crippen LogP contribution in [0.15, 0.2) is 60.3 Å². The van der Waals surface area contributed by atoms with Crippen LogP contribution in [0.25, 0.3) is 21.3 Å². The fourth-order valence-electron chi connectivity index (χ4n) is 4.63. The van der Waals surface area contributed by atoms with Crippen molar-refractivity contribution in [3.8, 4) is 16.9 Å². The second-order valence-corrected chi connectivity index (χ2v) is 13.4. The summed E-state index contributed by atoms with van der Waals surface area (Å²) in [4.78, 5) is 31.4. The molecule has 0 saturated heterocycles. The third kappa shape index (κ3) is 6.96. The van der Waals surface area contributed by atoms with Crippen molar-refractivity contribution >= 4 is 48.9 Å². The minimum atomic E-state index is -4.00. The Balaban J connectivity index is 1.48. The van der Waals surface area contributed by atoms with Crippen molar-refractivity contribution in [1.29, 1.82) is 0 Å². The molecule has 1 aliphatic carbocycles. The second-order valence-electron chi connectivity index (χ2n) is 10.2. The summed E-state index contributed by atoms with van der Waals surface area (Å²) in [7, 11) is -4.00. The number of allylic oxidation sites excluding steroid dienone is 2. The van der Waals surface area contributed by atoms with Crippen molar-refractivity contribution in [3.63, 3.8) is 0 Å². The number of halogens is 2. The van der Waals surface area contributed by atoms with Crippen molar-refractivity contribution in [1.82, 2.24) is 15.6 Å². The Kier molecular flexibility index (Phi) is 8.60. The summed E-state index contributed by atoms with van der Waals surface area (Å²) in [5.41, 5.74) is 3.28. The monoisotopic (exact) mass is 616 g/mol. The molecule has 2 aromatic carbocycles. The summed E-state index contributed by atoms with van der Waals surface area (Å²) in [6.07, 6.45) is 9.51. The highest BCUT2D eigenvalue weighted by molar-refractivity contribution is 7.91. The van der Waals surface area contributed by atoms with Gasteiger partial charge in [-0.2, -0.15) is 8.78 Å². The van der Waals surface area contributed by atoms with Gasteiger partial charge in [-0.15, -0.1) is 11.3 Å². The molecule has 9 nitrogen and oxygen atoms in total. The molecule has 1 atom stereocenters. The van der Waals surface area contributed by atoms with E-state index in [4.69, 9.17) is 4.74 Å². The molecule has 2 aliphatic rings. The first-order valence-electron chi connectivity index (χ1n) is 13.4. The van der Waals surface area contributed by atoms with E-state index in [1.54, 1.807) is 12.1 Å². The van der Waals surface area contributed by atoms with Gasteiger partial charge in [-0.25, -0.2) is 13.4 Å². The third-order valence-electron chi connectivity index (χ3n) is 6.89. The zero-order chi connectivity index (χ0) is 30.0. The average molecular weight is 617 g/mol. The molecule has 5 rings (SSSR count). The van der Waals surface area contributed by atoms with E-state index in [9.17, 15) is 26.8 Å². The van der Waals surface area contributed by atoms with Crippen LogP contribution in [0.4, 0.5) is 14.5 Å². The lowest BCUT2D eigenvalue weighted by atomic mass is 10.0. The molecule has 0 spiro atoms. The van der Waals surface area contributed by atoms with Crippen molar-refractivity contribution in [2.75, 3.05) is 24.2 Å². The van der Waals surface area contributed by atoms with Crippen LogP contribution >= 0.6 is 11.3 Å². The van der Waals surface area contributed by atoms with E-state index < -0.39 is 33.5 Å². The van der Waals surface area contributed by atoms with Crippen molar-refractivity contribution < 1.29 is 31.5 Å². The highest BCUT2D eigenvalue weighted by Gasteiger charge is 2.35. The SMILES string of the molecule is CCC1=CC=CN(c2cccc(-c3cc4sc(C(C(=O)NCC(=O)NC5CC5)S(C)(=O)=O)nc4cc3OC(F)F)c2)C1. The Hall–Kier alpha value is -3.84. The molecule has 2 heterocycles. The number of nitrogens with one attached hydrogen (secondary N) is 2. The minimum absolute atomic E-state index is 0.0427. The lowest BCUT2D eigenvalue weighted by Crippen LogP contribution is -2.41. The summed E-state index contributed by atoms with van der Waals surface area (Å²) in [5, 5.41) is 3.38. The highest BCUT2D eigenvalue weighted by atomic mass is 32.2. The molecule has 0 radical (unpaired) electrons. The van der Waals surface area contributed by atoms with Crippen LogP contribution in [-0.4, -0.2) is 57.2 Å². The number of carbonyl (C=O) groups excluding carboxylic acids is 2. The third-order valence-corrected chi connectivity index (χ3v) is 9.42. The van der Waals surface area contributed by atoms with E-state index in [0.717, 1.165) is 42.5 Å². The molecule has 1 unspecified atom stereocenters. The maximum absolute atomic E-state index is 13.5. The van der Waals surface area contributed by atoms with Crippen LogP contribution in [0.2, 0.25) is 0 Å². The van der Waals surface area contributed by atoms with Gasteiger partial charge in [-0.05, 0) is 49.1 Å². The molecule has 0 bridgehead atoms. The number of amides is 2. The molecule has 222 valence electrons. The van der Waals surface area contributed by atoms with Gasteiger partial charge in [0.05, 0.1) is 16.8 Å². The number of hydrogen-bond acceptors (Lipinski definition) is 8. The standard InChI is InChI=1S/C29H30F2N4O5S2/c1-3-17-6-5-11-35(16-17)20-8-4-7-18(12-20)21-13-24-22(14-23(21)40-29(30)31)34-28(41-24)26(42(2,38)39)27(37)32-15-25(36)33-19-9-10-19/h4-8,11-14,19,26,29H,3,9-10,15-16H2,1-2H3,(H,32,37)(H,33,36). The summed E-state index contributed by atoms with van der Waals surface area (Å²) in [6, 6.07) is 10.4. The quantitative estimate of drug-likeness (QED) is 0.320. The normalized spacial score (nSPS) is 15.9. The molecule has 1 aliphatic heterocycles. The number of nitrogens with zero attached hydrogens (tertiary/aromatic N) is 2. The maximum Gasteiger partial charge on any atom is 0.387 e. The van der Waals surface area contributed by atoms with Gasteiger partial charge in [0.15, 0.2) is 15.1 Å². The van der Waals surface area contributed by atoms with Crippen LogP contribution in [0.5, 0.6) is 5.75 Å². The zero-order valence-electron chi connectivity index (χ0n) is 23.0. The van der Waals surface area contributed by atoms with Gasteiger partial charge >= 0.3 is 6.61 Å². The van der Waals surface area contributed by atoms with Gasteiger partial charge in [0.2, 0.25) is 11.8 Å². The van der Waals surface area contributed by atoms with Crippen LogP contribution < -0.4 is 20.3 Å². The number of thiazole rings is 1. The van der Waals surface area contributed by atoms with Crippen molar-refractivity contribution in [2.45, 2.75) is 44.1 Å². The number of ether oxygens (including phenoxy) is 1. The number of benzene rings is 2. The lowest BCUT2D eigenvalue weighted by molar-refractivity contribution is -0.126. The summed E-state index contributed by atoms with van der Waals surface area (Å²) >= 11 is 0.964. The fourth-order valence-corrected chi connectivity index (χ4v) is 7.16. The topological polar surface area (TPSA) is 118 Å². The first kappa shape index (κ1) is 29.6. The number of aromatic nitrogens is 1. The average Bonchev–Trinajstić information content (AvgIpc) is 3.67. The lowest BCUT2D eigenvalue weighted by Gasteiger charge is -2.25. The molecule has 13 heteroatoms. The molecule has 42 heavy (non-hydrogen) atoms. The Bertz CT molecular complexity index is 1680. The number of sulfone groups is 1. The summed E-state index contributed by atoms with van der Waals surface area (Å²) in [6.45, 7) is -0.705. The molecule has 1 aromatic heterocycles. The van der Waals surface area contributed by atoms with Gasteiger partial charge in [0.1, 0.15) is 10.8 Å². The smallest absolute Gasteiger partial charge is 0.387 e. The Morgan fingerprint density at radius 2 is 2.00 bits per heavy atom. The van der Waals surface area contributed by atoms with E-state index in [2.05, 4.69) is 33.5 Å². The molecular weight excluding hydrogens is 586 g/mol. The molecule has 2 N–H and O–H groups in total. The fraction of sp³-hybridized carbons (Fsp3) is 0.345. The van der Waals surface area contributed by atoms with Crippen molar-refractivity contribution in [3.05, 3.63) is 65.3 Å². The molecule has 2 amide bonds. The van der Waals surface area contributed by atoms with Crippen LogP contribution in [0.3, 0.4) is 0 Å². The van der Waals surface area contributed by atoms with E-state index in [-0.39, 0.29) is 28.9 Å². The van der Waals surface area contributed by atoms with Gasteiger partial charge in [-0.1, -0.05) is 30.7 Å². The number of anilines is 1. The van der Waals surface area contributed by atoms with Gasteiger partial charge in [-0.3, -0.25) is 9.59 Å². The highest BCUT2D eigenvalue weighted by Crippen LogP contribution is 2.40. The first-order valence-corrected chi connectivity index (χ1v) is 16.2. The Morgan fingerprint density at radius 3 is 2.69 bits per heavy atom. The molecule has 3 aromatic rings. The largest absolute Gasteiger partial charge is 0.434 e.